The molecule has 0 spiro atoms. The van der Waals surface area contributed by atoms with Crippen LogP contribution in [0.1, 0.15) is 5.56 Å². The summed E-state index contributed by atoms with van der Waals surface area (Å²) < 4.78 is 10.6. The van der Waals surface area contributed by atoms with E-state index in [1.807, 2.05) is 12.1 Å². The van der Waals surface area contributed by atoms with Gasteiger partial charge in [-0.3, -0.25) is 9.69 Å². The van der Waals surface area contributed by atoms with E-state index in [2.05, 4.69) is 6.58 Å². The molecule has 1 aromatic carbocycles. The molecule has 6 nitrogen and oxygen atoms in total. The third kappa shape index (κ3) is 3.40. The van der Waals surface area contributed by atoms with Crippen LogP contribution in [0.15, 0.2) is 60.3 Å². The van der Waals surface area contributed by atoms with Crippen molar-refractivity contribution >= 4 is 23.6 Å². The van der Waals surface area contributed by atoms with E-state index in [4.69, 9.17) is 15.2 Å². The van der Waals surface area contributed by atoms with Gasteiger partial charge in [0.2, 0.25) is 5.91 Å². The summed E-state index contributed by atoms with van der Waals surface area (Å²) in [5, 5.41) is -0.216. The van der Waals surface area contributed by atoms with Gasteiger partial charge in [0.05, 0.1) is 7.11 Å². The third-order valence-electron chi connectivity index (χ3n) is 4.19. The standard InChI is InChI=1S/C19H20N2O4S/c1-3-4-5-13-11-26-18-15(20)17(22)21(18)16(13)19(23)25-10-12-6-8-14(24-2)9-7-12/h3-9,15,18H,1,10-11,20H2,2H3/b5-4+/t15?,18-/m1/s1. The summed E-state index contributed by atoms with van der Waals surface area (Å²) in [5.41, 5.74) is 7.67. The van der Waals surface area contributed by atoms with E-state index in [9.17, 15) is 9.59 Å². The zero-order chi connectivity index (χ0) is 18.7. The Balaban J connectivity index is 1.78. The molecule has 2 aliphatic rings. The van der Waals surface area contributed by atoms with Gasteiger partial charge in [-0.2, -0.15) is 0 Å². The summed E-state index contributed by atoms with van der Waals surface area (Å²) in [5.74, 6) is 0.518. The fourth-order valence-corrected chi connectivity index (χ4v) is 4.05. The van der Waals surface area contributed by atoms with Crippen LogP contribution in [-0.4, -0.2) is 41.1 Å². The maximum absolute atomic E-state index is 12.7. The van der Waals surface area contributed by atoms with Gasteiger partial charge in [-0.05, 0) is 23.3 Å². The monoisotopic (exact) mass is 372 g/mol. The van der Waals surface area contributed by atoms with E-state index in [1.165, 1.54) is 16.7 Å². The lowest BCUT2D eigenvalue weighted by atomic mass is 10.0. The van der Waals surface area contributed by atoms with Crippen LogP contribution >= 0.6 is 11.8 Å². The number of rotatable bonds is 6. The van der Waals surface area contributed by atoms with Crippen molar-refractivity contribution in [3.63, 3.8) is 0 Å². The van der Waals surface area contributed by atoms with Crippen LogP contribution in [-0.2, 0) is 20.9 Å². The molecule has 2 heterocycles. The Hall–Kier alpha value is -2.51. The maximum atomic E-state index is 12.7. The highest BCUT2D eigenvalue weighted by Crippen LogP contribution is 2.40. The predicted molar refractivity (Wildman–Crippen MR) is 100 cm³/mol. The summed E-state index contributed by atoms with van der Waals surface area (Å²) in [6, 6.07) is 6.67. The van der Waals surface area contributed by atoms with Crippen LogP contribution in [0.4, 0.5) is 0 Å². The van der Waals surface area contributed by atoms with Crippen LogP contribution in [0.25, 0.3) is 0 Å². The van der Waals surface area contributed by atoms with Gasteiger partial charge in [0.1, 0.15) is 29.5 Å². The summed E-state index contributed by atoms with van der Waals surface area (Å²) in [6.07, 6.45) is 5.13. The zero-order valence-electron chi connectivity index (χ0n) is 14.4. The molecule has 0 radical (unpaired) electrons. The molecular weight excluding hydrogens is 352 g/mol. The minimum Gasteiger partial charge on any atom is -0.497 e. The van der Waals surface area contributed by atoms with Crippen LogP contribution in [0.2, 0.25) is 0 Å². The molecule has 26 heavy (non-hydrogen) atoms. The lowest BCUT2D eigenvalue weighted by Crippen LogP contribution is -2.68. The van der Waals surface area contributed by atoms with Crippen molar-refractivity contribution in [1.29, 1.82) is 0 Å². The number of allylic oxidation sites excluding steroid dienone is 3. The molecule has 1 fully saturated rings. The minimum absolute atomic E-state index is 0.108. The molecule has 2 atom stereocenters. The van der Waals surface area contributed by atoms with E-state index in [0.717, 1.165) is 16.9 Å². The first kappa shape index (κ1) is 18.3. The van der Waals surface area contributed by atoms with Crippen molar-refractivity contribution in [2.75, 3.05) is 12.9 Å². The number of hydrogen-bond donors (Lipinski definition) is 1. The number of carbonyl (C=O) groups excluding carboxylic acids is 2. The second-order valence-corrected chi connectivity index (χ2v) is 6.93. The van der Waals surface area contributed by atoms with Gasteiger partial charge in [0, 0.05) is 5.75 Å². The van der Waals surface area contributed by atoms with E-state index >= 15 is 0 Å². The smallest absolute Gasteiger partial charge is 0.355 e. The number of β-lactam (4-membered cyclic amide) rings is 1. The number of carbonyl (C=O) groups is 2. The molecular formula is C19H20N2O4S. The van der Waals surface area contributed by atoms with Crippen LogP contribution in [0.5, 0.6) is 5.75 Å². The van der Waals surface area contributed by atoms with Crippen LogP contribution < -0.4 is 10.5 Å². The van der Waals surface area contributed by atoms with Crippen LogP contribution in [0.3, 0.4) is 0 Å². The SMILES string of the molecule is C=C/C=C/C1=C(C(=O)OCc2ccc(OC)cc2)N2C(=O)C(N)[C@H]2SC1. The Bertz CT molecular complexity index is 785. The lowest BCUT2D eigenvalue weighted by Gasteiger charge is -2.48. The lowest BCUT2D eigenvalue weighted by molar-refractivity contribution is -0.151. The molecule has 0 aromatic heterocycles. The molecule has 0 saturated carbocycles. The number of amides is 1. The second-order valence-electron chi connectivity index (χ2n) is 5.83. The van der Waals surface area contributed by atoms with Gasteiger partial charge in [0.15, 0.2) is 0 Å². The normalized spacial score (nSPS) is 22.1. The summed E-state index contributed by atoms with van der Waals surface area (Å²) in [4.78, 5) is 26.3. The van der Waals surface area contributed by atoms with Crippen molar-refractivity contribution in [2.45, 2.75) is 18.0 Å². The van der Waals surface area contributed by atoms with Gasteiger partial charge in [0.25, 0.3) is 0 Å². The molecule has 3 rings (SSSR count). The highest BCUT2D eigenvalue weighted by atomic mass is 32.2. The minimum atomic E-state index is -0.575. The Morgan fingerprint density at radius 3 is 2.81 bits per heavy atom. The average Bonchev–Trinajstić information content (AvgIpc) is 2.69. The summed E-state index contributed by atoms with van der Waals surface area (Å²) >= 11 is 1.54. The quantitative estimate of drug-likeness (QED) is 0.467. The zero-order valence-corrected chi connectivity index (χ0v) is 15.2. The molecule has 1 unspecified atom stereocenters. The number of benzene rings is 1. The number of esters is 1. The highest BCUT2D eigenvalue weighted by molar-refractivity contribution is 8.00. The molecule has 1 aromatic rings. The van der Waals surface area contributed by atoms with Crippen molar-refractivity contribution in [2.24, 2.45) is 5.73 Å². The van der Waals surface area contributed by atoms with Gasteiger partial charge in [-0.15, -0.1) is 11.8 Å². The molecule has 2 N–H and O–H groups in total. The Kier molecular flexibility index (Phi) is 5.49. The highest BCUT2D eigenvalue weighted by Gasteiger charge is 2.51. The molecule has 0 aliphatic carbocycles. The number of ether oxygens (including phenoxy) is 2. The number of nitrogens with two attached hydrogens (primary N) is 1. The summed E-state index contributed by atoms with van der Waals surface area (Å²) in [6.45, 7) is 3.74. The van der Waals surface area contributed by atoms with Gasteiger partial charge < -0.3 is 15.2 Å². The van der Waals surface area contributed by atoms with E-state index in [0.29, 0.717) is 5.75 Å². The molecule has 2 aliphatic heterocycles. The van der Waals surface area contributed by atoms with Crippen molar-refractivity contribution in [3.05, 3.63) is 65.9 Å². The van der Waals surface area contributed by atoms with E-state index in [1.54, 1.807) is 37.5 Å². The average molecular weight is 372 g/mol. The van der Waals surface area contributed by atoms with E-state index < -0.39 is 12.0 Å². The first-order valence-electron chi connectivity index (χ1n) is 8.09. The Morgan fingerprint density at radius 2 is 2.15 bits per heavy atom. The number of thioether (sulfide) groups is 1. The number of methoxy groups -OCH3 is 1. The van der Waals surface area contributed by atoms with Crippen molar-refractivity contribution < 1.29 is 19.1 Å². The molecule has 7 heteroatoms. The first-order valence-corrected chi connectivity index (χ1v) is 9.14. The van der Waals surface area contributed by atoms with Gasteiger partial charge >= 0.3 is 5.97 Å². The number of fused-ring (bicyclic) bond motifs is 1. The maximum Gasteiger partial charge on any atom is 0.355 e. The number of hydrogen-bond acceptors (Lipinski definition) is 6. The van der Waals surface area contributed by atoms with E-state index in [-0.39, 0.29) is 23.6 Å². The topological polar surface area (TPSA) is 81.9 Å². The predicted octanol–water partition coefficient (Wildman–Crippen LogP) is 1.98. The van der Waals surface area contributed by atoms with Crippen molar-refractivity contribution in [1.82, 2.24) is 4.90 Å². The largest absolute Gasteiger partial charge is 0.497 e. The third-order valence-corrected chi connectivity index (χ3v) is 5.52. The number of nitrogens with zero attached hydrogens (tertiary/aromatic N) is 1. The molecule has 1 amide bonds. The van der Waals surface area contributed by atoms with Gasteiger partial charge in [-0.25, -0.2) is 4.79 Å². The first-order chi connectivity index (χ1) is 12.6. The van der Waals surface area contributed by atoms with Crippen LogP contribution in [0, 0.1) is 0 Å². The van der Waals surface area contributed by atoms with Gasteiger partial charge in [-0.1, -0.05) is 36.9 Å². The molecule has 136 valence electrons. The fraction of sp³-hybridized carbons (Fsp3) is 0.263. The Morgan fingerprint density at radius 1 is 1.42 bits per heavy atom. The molecule has 1 saturated heterocycles. The van der Waals surface area contributed by atoms with Crippen molar-refractivity contribution in [3.8, 4) is 5.75 Å². The summed E-state index contributed by atoms with van der Waals surface area (Å²) in [7, 11) is 1.59. The Labute approximate surface area is 156 Å². The second kappa shape index (κ2) is 7.80. The molecule has 0 bridgehead atoms. The fourth-order valence-electron chi connectivity index (χ4n) is 2.78.